The second-order valence-electron chi connectivity index (χ2n) is 25.0. The minimum absolute atomic E-state index is 0.120. The first kappa shape index (κ1) is 39.6. The first-order chi connectivity index (χ1) is 44.1. The highest BCUT2D eigenvalue weighted by Gasteiger charge is 2.27. The Morgan fingerprint density at radius 3 is 1.73 bits per heavy atom. The van der Waals surface area contributed by atoms with Gasteiger partial charge in [-0.25, -0.2) is 4.98 Å². The summed E-state index contributed by atoms with van der Waals surface area (Å²) in [6, 6.07) is 35.4. The third kappa shape index (κ3) is 10.3. The normalized spacial score (nSPS) is 14.7. The fourth-order valence-electron chi connectivity index (χ4n) is 10.6. The van der Waals surface area contributed by atoms with Crippen molar-refractivity contribution < 1.29 is 27.1 Å². The highest BCUT2D eigenvalue weighted by molar-refractivity contribution is 6.09. The van der Waals surface area contributed by atoms with Crippen LogP contribution in [0.3, 0.4) is 0 Å². The van der Waals surface area contributed by atoms with E-state index in [1.54, 1.807) is 12.1 Å². The van der Waals surface area contributed by atoms with Gasteiger partial charge in [0.1, 0.15) is 17.3 Å². The second kappa shape index (κ2) is 20.1. The predicted octanol–water partition coefficient (Wildman–Crippen LogP) is 19.8. The van der Waals surface area contributed by atoms with E-state index < -0.39 is 106 Å². The SMILES string of the molecule is [2H]c1c([2H])c([2H])c(-c2c([2H])c(-c3cccc(C(C)(C)C)c3-[n+]3[c-]n(-c4cccc(Oc5ccc6c7ccccc7n(-c7cc(C(C)(C)C)ccn7)c6c5)c4)c4cc(-c5cc(C(C)(C)C)cc(C(C)(C)C)c5)ccc43)c([2H])c(-c3c([2H])c([2H])c([2H])c([2H])c3[2H])c2[2H])c([2H])c1[2H]. The van der Waals surface area contributed by atoms with E-state index in [2.05, 4.69) is 134 Å². The van der Waals surface area contributed by atoms with Crippen molar-refractivity contribution in [1.29, 1.82) is 0 Å². The van der Waals surface area contributed by atoms with Gasteiger partial charge in [0.05, 0.1) is 51.3 Å². The molecule has 0 aliphatic heterocycles. The smallest absolute Gasteiger partial charge is 0.269 e. The van der Waals surface area contributed by atoms with Gasteiger partial charge in [0.25, 0.3) is 6.33 Å². The van der Waals surface area contributed by atoms with Gasteiger partial charge in [0.15, 0.2) is 0 Å². The van der Waals surface area contributed by atoms with Crippen molar-refractivity contribution in [3.8, 4) is 73.2 Å². The summed E-state index contributed by atoms with van der Waals surface area (Å²) in [5.74, 6) is 1.88. The molecule has 0 aliphatic rings. The molecule has 9 aromatic carbocycles. The predicted molar refractivity (Wildman–Crippen MR) is 339 cm³/mol. The first-order valence-corrected chi connectivity index (χ1v) is 27.5. The fraction of sp³-hybridized carbons (Fsp3) is 0.211. The summed E-state index contributed by atoms with van der Waals surface area (Å²) in [6.45, 7) is 25.8. The van der Waals surface area contributed by atoms with Crippen LogP contribution in [0.5, 0.6) is 11.5 Å². The minimum Gasteiger partial charge on any atom is -0.458 e. The number of imidazole rings is 1. The van der Waals surface area contributed by atoms with Crippen molar-refractivity contribution in [3.63, 3.8) is 0 Å². The van der Waals surface area contributed by atoms with Crippen LogP contribution < -0.4 is 9.30 Å². The number of fused-ring (bicyclic) bond motifs is 4. The molecule has 5 nitrogen and oxygen atoms in total. The molecule has 402 valence electrons. The standard InChI is InChI=1S/C76H72N4O/c1-73(2,3)57-37-38-77-71(46-57)80-67-32-20-19-29-64(67)65-35-34-62(48-69(65)80)81-61-28-21-27-60(47-61)78-49-79(68-36-33-52(44-70(68)78)55-42-58(74(4,5)6)45-59(43-55)75(7,8)9)72-63(30-22-31-66(72)76(10,11)12)56-40-53(50-23-15-13-16-24-50)39-54(41-56)51-25-17-14-18-26-51/h13-48H,1-12H3/i13D,14D,15D,16D,17D,18D,23D,24D,25D,26D,39D,40D,41D. The molecule has 0 amide bonds. The van der Waals surface area contributed by atoms with Crippen LogP contribution in [0.4, 0.5) is 0 Å². The Bertz CT molecular complexity index is 4970. The number of para-hydroxylation sites is 2. The maximum absolute atomic E-state index is 10.3. The number of ether oxygens (including phenoxy) is 1. The Labute approximate surface area is 497 Å². The van der Waals surface area contributed by atoms with Gasteiger partial charge in [-0.2, -0.15) is 0 Å². The minimum atomic E-state index is -0.738. The van der Waals surface area contributed by atoms with E-state index in [9.17, 15) is 9.60 Å². The monoisotopic (exact) mass is 1070 g/mol. The topological polar surface area (TPSA) is 35.9 Å². The fourth-order valence-corrected chi connectivity index (χ4v) is 10.6. The third-order valence-electron chi connectivity index (χ3n) is 15.0. The van der Waals surface area contributed by atoms with E-state index in [1.807, 2.05) is 96.8 Å². The Kier molecular flexibility index (Phi) is 9.80. The molecule has 0 fully saturated rings. The van der Waals surface area contributed by atoms with E-state index in [0.29, 0.717) is 39.5 Å². The highest BCUT2D eigenvalue weighted by atomic mass is 16.5. The van der Waals surface area contributed by atoms with Gasteiger partial charge in [0, 0.05) is 23.0 Å². The lowest BCUT2D eigenvalue weighted by atomic mass is 9.79. The number of aromatic nitrogens is 4. The number of pyridine rings is 1. The summed E-state index contributed by atoms with van der Waals surface area (Å²) in [5, 5.41) is 2.11. The molecule has 0 saturated heterocycles. The van der Waals surface area contributed by atoms with Gasteiger partial charge in [0.2, 0.25) is 0 Å². The van der Waals surface area contributed by atoms with Crippen molar-refractivity contribution >= 4 is 32.8 Å². The number of benzene rings is 9. The zero-order valence-corrected chi connectivity index (χ0v) is 48.0. The van der Waals surface area contributed by atoms with Crippen LogP contribution in [0, 0.1) is 6.33 Å². The summed E-state index contributed by atoms with van der Waals surface area (Å²) >= 11 is 0. The Morgan fingerprint density at radius 2 is 1.07 bits per heavy atom. The van der Waals surface area contributed by atoms with Crippen molar-refractivity contribution in [1.82, 2.24) is 14.1 Å². The molecule has 0 radical (unpaired) electrons. The zero-order valence-electron chi connectivity index (χ0n) is 61.0. The Balaban J connectivity index is 1.14. The molecule has 81 heavy (non-hydrogen) atoms. The maximum Gasteiger partial charge on any atom is 0.269 e. The lowest BCUT2D eigenvalue weighted by Crippen LogP contribution is -2.34. The third-order valence-corrected chi connectivity index (χ3v) is 15.0. The summed E-state index contributed by atoms with van der Waals surface area (Å²) < 4.78 is 132. The average molecular weight is 1070 g/mol. The first-order valence-electron chi connectivity index (χ1n) is 34.0. The van der Waals surface area contributed by atoms with Crippen LogP contribution in [-0.2, 0) is 21.7 Å². The zero-order chi connectivity index (χ0) is 67.9. The van der Waals surface area contributed by atoms with Crippen LogP contribution in [0.2, 0.25) is 0 Å². The highest BCUT2D eigenvalue weighted by Crippen LogP contribution is 2.42. The molecule has 0 unspecified atom stereocenters. The molecule has 0 spiro atoms. The number of nitrogens with zero attached hydrogens (tertiary/aromatic N) is 4. The molecular formula is C76H72N4O. The van der Waals surface area contributed by atoms with Crippen molar-refractivity contribution in [2.75, 3.05) is 0 Å². The molecule has 3 aromatic heterocycles. The van der Waals surface area contributed by atoms with E-state index >= 15 is 0 Å². The molecule has 12 rings (SSSR count). The number of rotatable bonds is 9. The van der Waals surface area contributed by atoms with Gasteiger partial charge in [-0.05, 0) is 161 Å². The van der Waals surface area contributed by atoms with Gasteiger partial charge in [-0.3, -0.25) is 13.7 Å². The molecule has 0 atom stereocenters. The summed E-state index contributed by atoms with van der Waals surface area (Å²) in [5.41, 5.74) is 7.16. The van der Waals surface area contributed by atoms with Crippen molar-refractivity contribution in [3.05, 3.63) is 247 Å². The lowest BCUT2D eigenvalue weighted by molar-refractivity contribution is -0.572. The van der Waals surface area contributed by atoms with E-state index in [-0.39, 0.29) is 27.4 Å². The van der Waals surface area contributed by atoms with E-state index in [4.69, 9.17) is 17.9 Å². The van der Waals surface area contributed by atoms with Gasteiger partial charge < -0.3 is 4.74 Å². The quantitative estimate of drug-likeness (QED) is 0.107. The van der Waals surface area contributed by atoms with E-state index in [1.165, 1.54) is 0 Å². The molecule has 0 N–H and O–H groups in total. The second-order valence-corrected chi connectivity index (χ2v) is 25.0. The largest absolute Gasteiger partial charge is 0.458 e. The molecule has 3 heterocycles. The Hall–Kier alpha value is -8.80. The van der Waals surface area contributed by atoms with Crippen LogP contribution in [0.15, 0.2) is 218 Å². The van der Waals surface area contributed by atoms with Crippen LogP contribution in [-0.4, -0.2) is 14.1 Å². The average Bonchev–Trinajstić information content (AvgIpc) is 1.01. The lowest BCUT2D eigenvalue weighted by Gasteiger charge is -2.26. The molecular weight excluding hydrogens is 985 g/mol. The molecule has 12 aromatic rings. The molecule has 0 saturated carbocycles. The summed E-state index contributed by atoms with van der Waals surface area (Å²) in [6.07, 6.45) is 5.59. The van der Waals surface area contributed by atoms with Crippen LogP contribution >= 0.6 is 0 Å². The Morgan fingerprint density at radius 1 is 0.457 bits per heavy atom. The van der Waals surface area contributed by atoms with Crippen molar-refractivity contribution in [2.45, 2.75) is 105 Å². The van der Waals surface area contributed by atoms with Crippen LogP contribution in [0.1, 0.15) is 123 Å². The maximum atomic E-state index is 10.3. The van der Waals surface area contributed by atoms with Crippen LogP contribution in [0.25, 0.3) is 94.5 Å². The van der Waals surface area contributed by atoms with E-state index in [0.717, 1.165) is 55.4 Å². The summed E-state index contributed by atoms with van der Waals surface area (Å²) in [4.78, 5) is 4.90. The number of hydrogen-bond donors (Lipinski definition) is 0. The van der Waals surface area contributed by atoms with Gasteiger partial charge >= 0.3 is 0 Å². The van der Waals surface area contributed by atoms with Crippen molar-refractivity contribution in [2.24, 2.45) is 0 Å². The van der Waals surface area contributed by atoms with Gasteiger partial charge in [-0.1, -0.05) is 216 Å². The molecule has 0 bridgehead atoms. The molecule has 0 aliphatic carbocycles. The molecule has 5 heteroatoms. The summed E-state index contributed by atoms with van der Waals surface area (Å²) in [7, 11) is 0. The number of hydrogen-bond acceptors (Lipinski definition) is 2. The van der Waals surface area contributed by atoms with Gasteiger partial charge in [-0.15, -0.1) is 0 Å².